The second kappa shape index (κ2) is 9.79. The lowest BCUT2D eigenvalue weighted by Crippen LogP contribution is -2.25. The van der Waals surface area contributed by atoms with E-state index in [1.807, 2.05) is 0 Å². The first-order valence-electron chi connectivity index (χ1n) is 14.9. The van der Waals surface area contributed by atoms with Gasteiger partial charge in [0.25, 0.3) is 0 Å². The Morgan fingerprint density at radius 1 is 0.500 bits per heavy atom. The van der Waals surface area contributed by atoms with Gasteiger partial charge in [-0.25, -0.2) is 0 Å². The second-order valence-electron chi connectivity index (χ2n) is 11.6. The van der Waals surface area contributed by atoms with Gasteiger partial charge in [0.05, 0.1) is 0 Å². The highest BCUT2D eigenvalue weighted by Gasteiger charge is 2.43. The summed E-state index contributed by atoms with van der Waals surface area (Å²) in [6.45, 7) is 6.94. The van der Waals surface area contributed by atoms with E-state index in [0.717, 1.165) is 0 Å². The molecule has 0 spiro atoms. The van der Waals surface area contributed by atoms with Crippen molar-refractivity contribution in [3.63, 3.8) is 0 Å². The van der Waals surface area contributed by atoms with Crippen LogP contribution in [-0.2, 0) is 5.41 Å². The molecule has 0 amide bonds. The summed E-state index contributed by atoms with van der Waals surface area (Å²) in [7, 11) is 0. The van der Waals surface area contributed by atoms with E-state index in [2.05, 4.69) is 136 Å². The maximum absolute atomic E-state index is 2.57. The van der Waals surface area contributed by atoms with Crippen molar-refractivity contribution in [2.75, 3.05) is 0 Å². The minimum atomic E-state index is 0.0617. The van der Waals surface area contributed by atoms with Crippen LogP contribution in [0.25, 0.3) is 54.9 Å². The van der Waals surface area contributed by atoms with Crippen LogP contribution in [0.2, 0.25) is 0 Å². The SMILES string of the molecule is CCCC1(CCC)c2cc(C)ccc2-c2c1cc(-c1cccc(-c3cccc4ccccc34)c1)c1ccccc21. The summed E-state index contributed by atoms with van der Waals surface area (Å²) in [5, 5.41) is 5.30. The van der Waals surface area contributed by atoms with Crippen molar-refractivity contribution in [2.45, 2.75) is 51.9 Å². The zero-order chi connectivity index (χ0) is 27.3. The van der Waals surface area contributed by atoms with Crippen molar-refractivity contribution < 1.29 is 0 Å². The highest BCUT2D eigenvalue weighted by Crippen LogP contribution is 2.57. The van der Waals surface area contributed by atoms with Crippen LogP contribution in [0, 0.1) is 6.92 Å². The van der Waals surface area contributed by atoms with Gasteiger partial charge in [-0.05, 0) is 98.0 Å². The van der Waals surface area contributed by atoms with Crippen molar-refractivity contribution in [1.29, 1.82) is 0 Å². The summed E-state index contributed by atoms with van der Waals surface area (Å²) in [5.41, 5.74) is 12.6. The van der Waals surface area contributed by atoms with Crippen LogP contribution in [0.15, 0.2) is 115 Å². The molecule has 0 bridgehead atoms. The lowest BCUT2D eigenvalue weighted by Gasteiger charge is -2.32. The molecule has 1 aliphatic rings. The van der Waals surface area contributed by atoms with E-state index in [0.29, 0.717) is 0 Å². The average molecular weight is 517 g/mol. The Labute approximate surface area is 238 Å². The largest absolute Gasteiger partial charge is 0.0653 e. The van der Waals surface area contributed by atoms with Crippen LogP contribution in [0.3, 0.4) is 0 Å². The van der Waals surface area contributed by atoms with Crippen molar-refractivity contribution in [3.8, 4) is 33.4 Å². The van der Waals surface area contributed by atoms with Gasteiger partial charge in [-0.15, -0.1) is 0 Å². The molecule has 1 aliphatic carbocycles. The maximum Gasteiger partial charge on any atom is 0.0215 e. The highest BCUT2D eigenvalue weighted by atomic mass is 14.5. The predicted octanol–water partition coefficient (Wildman–Crippen LogP) is 11.5. The Kier molecular flexibility index (Phi) is 6.08. The molecule has 0 fully saturated rings. The first-order valence-corrected chi connectivity index (χ1v) is 14.9. The summed E-state index contributed by atoms with van der Waals surface area (Å²) in [4.78, 5) is 0. The molecule has 7 rings (SSSR count). The van der Waals surface area contributed by atoms with Crippen LogP contribution in [0.5, 0.6) is 0 Å². The number of rotatable bonds is 6. The molecule has 0 N–H and O–H groups in total. The van der Waals surface area contributed by atoms with Crippen molar-refractivity contribution >= 4 is 21.5 Å². The zero-order valence-corrected chi connectivity index (χ0v) is 23.8. The summed E-state index contributed by atoms with van der Waals surface area (Å²) < 4.78 is 0. The summed E-state index contributed by atoms with van der Waals surface area (Å²) in [6.07, 6.45) is 4.70. The van der Waals surface area contributed by atoms with Crippen molar-refractivity contribution in [1.82, 2.24) is 0 Å². The molecule has 0 saturated heterocycles. The second-order valence-corrected chi connectivity index (χ2v) is 11.6. The van der Waals surface area contributed by atoms with E-state index in [-0.39, 0.29) is 5.41 Å². The lowest BCUT2D eigenvalue weighted by atomic mass is 9.70. The summed E-state index contributed by atoms with van der Waals surface area (Å²) in [5.74, 6) is 0. The van der Waals surface area contributed by atoms with Crippen molar-refractivity contribution in [2.24, 2.45) is 0 Å². The molecule has 0 radical (unpaired) electrons. The normalized spacial score (nSPS) is 13.5. The third-order valence-electron chi connectivity index (χ3n) is 9.15. The summed E-state index contributed by atoms with van der Waals surface area (Å²) >= 11 is 0. The topological polar surface area (TPSA) is 0 Å². The number of hydrogen-bond donors (Lipinski definition) is 0. The molecule has 0 heteroatoms. The van der Waals surface area contributed by atoms with Gasteiger partial charge in [0.1, 0.15) is 0 Å². The Morgan fingerprint density at radius 2 is 1.15 bits per heavy atom. The van der Waals surface area contributed by atoms with Gasteiger partial charge in [0.2, 0.25) is 0 Å². The van der Waals surface area contributed by atoms with Gasteiger partial charge in [0, 0.05) is 5.41 Å². The molecule has 0 nitrogen and oxygen atoms in total. The average Bonchev–Trinajstić information content (AvgIpc) is 3.25. The molecule has 0 aromatic heterocycles. The Hall–Kier alpha value is -4.16. The lowest BCUT2D eigenvalue weighted by molar-refractivity contribution is 0.436. The standard InChI is InChI=1S/C40H36/c1-4-22-40(23-5-2)37-24-27(3)20-21-35(37)39-34-18-9-8-17-33(34)36(26-38(39)40)30-15-10-14-29(25-30)32-19-11-13-28-12-6-7-16-31(28)32/h6-21,24-26H,4-5,22-23H2,1-3H3. The van der Waals surface area contributed by atoms with E-state index in [1.165, 1.54) is 97.3 Å². The molecule has 0 heterocycles. The van der Waals surface area contributed by atoms with Crippen LogP contribution >= 0.6 is 0 Å². The third-order valence-corrected chi connectivity index (χ3v) is 9.15. The van der Waals surface area contributed by atoms with Crippen LogP contribution < -0.4 is 0 Å². The van der Waals surface area contributed by atoms with Gasteiger partial charge >= 0.3 is 0 Å². The number of benzene rings is 6. The molecule has 6 aromatic rings. The smallest absolute Gasteiger partial charge is 0.0215 e. The molecular formula is C40H36. The molecule has 196 valence electrons. The highest BCUT2D eigenvalue weighted by molar-refractivity contribution is 6.09. The fraction of sp³-hybridized carbons (Fsp3) is 0.200. The summed E-state index contributed by atoms with van der Waals surface area (Å²) in [6, 6.07) is 43.4. The van der Waals surface area contributed by atoms with E-state index in [1.54, 1.807) is 0 Å². The monoisotopic (exact) mass is 516 g/mol. The van der Waals surface area contributed by atoms with Crippen LogP contribution in [0.4, 0.5) is 0 Å². The van der Waals surface area contributed by atoms with E-state index >= 15 is 0 Å². The minimum absolute atomic E-state index is 0.0617. The minimum Gasteiger partial charge on any atom is -0.0653 e. The molecule has 0 aliphatic heterocycles. The maximum atomic E-state index is 2.57. The Balaban J connectivity index is 1.51. The van der Waals surface area contributed by atoms with Gasteiger partial charge in [-0.3, -0.25) is 0 Å². The molecule has 6 aromatic carbocycles. The Morgan fingerprint density at radius 3 is 1.93 bits per heavy atom. The van der Waals surface area contributed by atoms with Gasteiger partial charge < -0.3 is 0 Å². The van der Waals surface area contributed by atoms with E-state index in [9.17, 15) is 0 Å². The fourth-order valence-electron chi connectivity index (χ4n) is 7.55. The predicted molar refractivity (Wildman–Crippen MR) is 173 cm³/mol. The molecule has 0 saturated carbocycles. The van der Waals surface area contributed by atoms with Crippen LogP contribution in [-0.4, -0.2) is 0 Å². The quantitative estimate of drug-likeness (QED) is 0.206. The number of hydrogen-bond acceptors (Lipinski definition) is 0. The van der Waals surface area contributed by atoms with Crippen molar-refractivity contribution in [3.05, 3.63) is 132 Å². The van der Waals surface area contributed by atoms with Gasteiger partial charge in [0.15, 0.2) is 0 Å². The van der Waals surface area contributed by atoms with Gasteiger partial charge in [-0.1, -0.05) is 135 Å². The Bertz CT molecular complexity index is 1880. The number of fused-ring (bicyclic) bond motifs is 6. The molecule has 40 heavy (non-hydrogen) atoms. The molecular weight excluding hydrogens is 480 g/mol. The van der Waals surface area contributed by atoms with Gasteiger partial charge in [-0.2, -0.15) is 0 Å². The van der Waals surface area contributed by atoms with Crippen LogP contribution in [0.1, 0.15) is 56.2 Å². The van der Waals surface area contributed by atoms with E-state index < -0.39 is 0 Å². The first kappa shape index (κ1) is 24.9. The number of aryl methyl sites for hydroxylation is 1. The molecule has 0 unspecified atom stereocenters. The fourth-order valence-corrected chi connectivity index (χ4v) is 7.55. The molecule has 0 atom stereocenters. The zero-order valence-electron chi connectivity index (χ0n) is 23.8. The first-order chi connectivity index (χ1) is 19.6. The van der Waals surface area contributed by atoms with E-state index in [4.69, 9.17) is 0 Å². The third kappa shape index (κ3) is 3.74.